The molecule has 2 rings (SSSR count). The third-order valence-electron chi connectivity index (χ3n) is 2.97. The van der Waals surface area contributed by atoms with Gasteiger partial charge in [-0.2, -0.15) is 23.5 Å². The summed E-state index contributed by atoms with van der Waals surface area (Å²) in [6, 6.07) is 4.01. The Bertz CT molecular complexity index is 318. The summed E-state index contributed by atoms with van der Waals surface area (Å²) in [5, 5.41) is 1.86. The van der Waals surface area contributed by atoms with Crippen molar-refractivity contribution < 1.29 is 4.42 Å². The van der Waals surface area contributed by atoms with Gasteiger partial charge in [-0.1, -0.05) is 13.8 Å². The monoisotopic (exact) mass is 258 g/mol. The van der Waals surface area contributed by atoms with Gasteiger partial charge in [0, 0.05) is 21.5 Å². The second kappa shape index (κ2) is 5.49. The predicted octanol–water partition coefficient (Wildman–Crippen LogP) is 2.41. The highest BCUT2D eigenvalue weighted by Gasteiger charge is 2.32. The molecule has 90 valence electrons. The van der Waals surface area contributed by atoms with Crippen LogP contribution >= 0.6 is 23.5 Å². The van der Waals surface area contributed by atoms with Crippen molar-refractivity contribution >= 4 is 23.5 Å². The van der Waals surface area contributed by atoms with Crippen molar-refractivity contribution in [3.63, 3.8) is 0 Å². The Balaban J connectivity index is 2.05. The van der Waals surface area contributed by atoms with Crippen LogP contribution in [0.4, 0.5) is 0 Å². The van der Waals surface area contributed by atoms with E-state index in [9.17, 15) is 0 Å². The van der Waals surface area contributed by atoms with Crippen molar-refractivity contribution in [2.45, 2.75) is 35.6 Å². The number of nitrogens with two attached hydrogens (primary N) is 1. The molecule has 1 aliphatic heterocycles. The minimum atomic E-state index is 0.113. The van der Waals surface area contributed by atoms with E-state index >= 15 is 0 Å². The van der Waals surface area contributed by atoms with Crippen LogP contribution in [0, 0.1) is 0 Å². The highest BCUT2D eigenvalue weighted by molar-refractivity contribution is 8.07. The van der Waals surface area contributed by atoms with Gasteiger partial charge in [0.25, 0.3) is 0 Å². The fourth-order valence-corrected chi connectivity index (χ4v) is 4.90. The van der Waals surface area contributed by atoms with Gasteiger partial charge in [-0.25, -0.2) is 5.43 Å². The van der Waals surface area contributed by atoms with Crippen LogP contribution in [-0.4, -0.2) is 21.5 Å². The molecule has 0 radical (unpaired) electrons. The zero-order chi connectivity index (χ0) is 11.5. The molecule has 1 aromatic rings. The largest absolute Gasteiger partial charge is 0.468 e. The average molecular weight is 258 g/mol. The first kappa shape index (κ1) is 12.4. The van der Waals surface area contributed by atoms with Gasteiger partial charge in [0.05, 0.1) is 12.3 Å². The molecule has 1 saturated heterocycles. The number of nitrogens with one attached hydrogen (secondary N) is 1. The van der Waals surface area contributed by atoms with Gasteiger partial charge in [-0.3, -0.25) is 5.84 Å². The Hall–Kier alpha value is -0.100. The number of hydrazine groups is 1. The standard InChI is InChI=1S/C11H18N2OS2/c1-7-8(2)16-10(6-15-7)11(13-12)9-4-3-5-14-9/h3-5,7-8,10-11,13H,6,12H2,1-2H3. The molecule has 3 N–H and O–H groups in total. The summed E-state index contributed by atoms with van der Waals surface area (Å²) in [7, 11) is 0. The van der Waals surface area contributed by atoms with Crippen molar-refractivity contribution in [1.82, 2.24) is 5.43 Å². The van der Waals surface area contributed by atoms with E-state index in [1.54, 1.807) is 6.26 Å². The minimum absolute atomic E-state index is 0.113. The highest BCUT2D eigenvalue weighted by Crippen LogP contribution is 2.40. The SMILES string of the molecule is CC1SCC(C(NN)c2ccco2)SC1C. The van der Waals surface area contributed by atoms with Crippen LogP contribution < -0.4 is 11.3 Å². The van der Waals surface area contributed by atoms with E-state index in [0.29, 0.717) is 10.5 Å². The number of hydrogen-bond acceptors (Lipinski definition) is 5. The van der Waals surface area contributed by atoms with E-state index in [4.69, 9.17) is 10.3 Å². The van der Waals surface area contributed by atoms with E-state index in [1.165, 1.54) is 0 Å². The molecule has 4 atom stereocenters. The van der Waals surface area contributed by atoms with Crippen molar-refractivity contribution in [1.29, 1.82) is 0 Å². The summed E-state index contributed by atoms with van der Waals surface area (Å²) in [6.45, 7) is 4.57. The summed E-state index contributed by atoms with van der Waals surface area (Å²) >= 11 is 4.02. The Morgan fingerprint density at radius 3 is 2.88 bits per heavy atom. The number of furan rings is 1. The van der Waals surface area contributed by atoms with E-state index in [0.717, 1.165) is 16.8 Å². The molecule has 3 nitrogen and oxygen atoms in total. The van der Waals surface area contributed by atoms with Crippen LogP contribution in [-0.2, 0) is 0 Å². The Kier molecular flexibility index (Phi) is 4.24. The van der Waals surface area contributed by atoms with Gasteiger partial charge in [0.1, 0.15) is 5.76 Å². The molecule has 0 amide bonds. The molecule has 1 aliphatic rings. The zero-order valence-electron chi connectivity index (χ0n) is 9.55. The Labute approximate surface area is 105 Å². The van der Waals surface area contributed by atoms with Gasteiger partial charge in [0.2, 0.25) is 0 Å². The molecule has 1 fully saturated rings. The topological polar surface area (TPSA) is 51.2 Å². The second-order valence-electron chi connectivity index (χ2n) is 4.08. The van der Waals surface area contributed by atoms with Crippen molar-refractivity contribution in [2.24, 2.45) is 5.84 Å². The van der Waals surface area contributed by atoms with Gasteiger partial charge >= 0.3 is 0 Å². The van der Waals surface area contributed by atoms with Gasteiger partial charge in [-0.15, -0.1) is 0 Å². The van der Waals surface area contributed by atoms with E-state index in [1.807, 2.05) is 35.7 Å². The summed E-state index contributed by atoms with van der Waals surface area (Å²) < 4.78 is 5.44. The smallest absolute Gasteiger partial charge is 0.123 e. The van der Waals surface area contributed by atoms with Crippen molar-refractivity contribution in [2.75, 3.05) is 5.75 Å². The van der Waals surface area contributed by atoms with Crippen molar-refractivity contribution in [3.8, 4) is 0 Å². The maximum Gasteiger partial charge on any atom is 0.123 e. The average Bonchev–Trinajstić information content (AvgIpc) is 2.78. The Morgan fingerprint density at radius 1 is 1.50 bits per heavy atom. The minimum Gasteiger partial charge on any atom is -0.468 e. The third-order valence-corrected chi connectivity index (χ3v) is 6.47. The molecular weight excluding hydrogens is 240 g/mol. The fraction of sp³-hybridized carbons (Fsp3) is 0.636. The summed E-state index contributed by atoms with van der Waals surface area (Å²) in [5.41, 5.74) is 2.88. The van der Waals surface area contributed by atoms with Crippen LogP contribution in [0.3, 0.4) is 0 Å². The van der Waals surface area contributed by atoms with E-state index < -0.39 is 0 Å². The normalized spacial score (nSPS) is 32.6. The number of rotatable bonds is 3. The molecule has 1 aromatic heterocycles. The van der Waals surface area contributed by atoms with E-state index in [2.05, 4.69) is 19.3 Å². The van der Waals surface area contributed by atoms with Gasteiger partial charge < -0.3 is 4.42 Å². The third kappa shape index (κ3) is 2.59. The summed E-state index contributed by atoms with van der Waals surface area (Å²) in [4.78, 5) is 0. The molecule has 0 bridgehead atoms. The molecule has 2 heterocycles. The van der Waals surface area contributed by atoms with Crippen LogP contribution in [0.5, 0.6) is 0 Å². The summed E-state index contributed by atoms with van der Waals surface area (Å²) in [5.74, 6) is 7.69. The Morgan fingerprint density at radius 2 is 2.31 bits per heavy atom. The molecular formula is C11H18N2OS2. The maximum atomic E-state index is 5.64. The maximum absolute atomic E-state index is 5.64. The number of hydrogen-bond donors (Lipinski definition) is 2. The van der Waals surface area contributed by atoms with Crippen LogP contribution in [0.1, 0.15) is 25.6 Å². The quantitative estimate of drug-likeness (QED) is 0.644. The summed E-state index contributed by atoms with van der Waals surface area (Å²) in [6.07, 6.45) is 1.70. The van der Waals surface area contributed by atoms with Crippen molar-refractivity contribution in [3.05, 3.63) is 24.2 Å². The lowest BCUT2D eigenvalue weighted by Crippen LogP contribution is -2.40. The lowest BCUT2D eigenvalue weighted by molar-refractivity contribution is 0.416. The lowest BCUT2D eigenvalue weighted by atomic mass is 10.2. The first-order chi connectivity index (χ1) is 7.72. The molecule has 0 spiro atoms. The van der Waals surface area contributed by atoms with Crippen LogP contribution in [0.25, 0.3) is 0 Å². The van der Waals surface area contributed by atoms with Gasteiger partial charge in [0.15, 0.2) is 0 Å². The van der Waals surface area contributed by atoms with Gasteiger partial charge in [-0.05, 0) is 12.1 Å². The molecule has 4 unspecified atom stereocenters. The fourth-order valence-electron chi connectivity index (χ4n) is 1.82. The number of thioether (sulfide) groups is 2. The van der Waals surface area contributed by atoms with Crippen LogP contribution in [0.2, 0.25) is 0 Å². The first-order valence-corrected chi connectivity index (χ1v) is 7.48. The molecule has 0 aliphatic carbocycles. The molecule has 0 aromatic carbocycles. The first-order valence-electron chi connectivity index (χ1n) is 5.49. The predicted molar refractivity (Wildman–Crippen MR) is 71.5 cm³/mol. The zero-order valence-corrected chi connectivity index (χ0v) is 11.2. The molecule has 5 heteroatoms. The van der Waals surface area contributed by atoms with E-state index in [-0.39, 0.29) is 6.04 Å². The highest BCUT2D eigenvalue weighted by atomic mass is 32.2. The lowest BCUT2D eigenvalue weighted by Gasteiger charge is -2.34. The molecule has 16 heavy (non-hydrogen) atoms. The molecule has 0 saturated carbocycles. The second-order valence-corrected chi connectivity index (χ2v) is 7.11. The van der Waals surface area contributed by atoms with Crippen LogP contribution in [0.15, 0.2) is 22.8 Å².